The molecule has 0 radical (unpaired) electrons. The quantitative estimate of drug-likeness (QED) is 0.335. The summed E-state index contributed by atoms with van der Waals surface area (Å²) in [6.07, 6.45) is 4.27. The molecule has 1 aromatic heterocycles. The summed E-state index contributed by atoms with van der Waals surface area (Å²) < 4.78 is 26.9. The highest BCUT2D eigenvalue weighted by atomic mass is 32.2. The number of amides is 1. The molecule has 1 heterocycles. The fourth-order valence-corrected chi connectivity index (χ4v) is 4.02. The molecule has 3 rings (SSSR count). The van der Waals surface area contributed by atoms with Crippen molar-refractivity contribution in [2.24, 2.45) is 0 Å². The minimum atomic E-state index is -3.76. The van der Waals surface area contributed by atoms with Crippen molar-refractivity contribution in [3.63, 3.8) is 0 Å². The van der Waals surface area contributed by atoms with E-state index >= 15 is 0 Å². The Morgan fingerprint density at radius 1 is 1.10 bits per heavy atom. The normalized spacial score (nSPS) is 11.3. The van der Waals surface area contributed by atoms with Gasteiger partial charge in [0.25, 0.3) is 15.7 Å². The van der Waals surface area contributed by atoms with E-state index in [1.54, 1.807) is 5.38 Å². The Balaban J connectivity index is 1.61. The SMILES string of the molecule is O=C(C=Cc1ccc([N+](=O)[O-])cc1)Nc1ccc(S(=O)(=O)Nc2nccs2)cc1. The minimum Gasteiger partial charge on any atom is -0.323 e. The zero-order chi connectivity index (χ0) is 20.9. The smallest absolute Gasteiger partial charge is 0.269 e. The second-order valence-electron chi connectivity index (χ2n) is 5.64. The molecule has 1 amide bonds. The first-order valence-electron chi connectivity index (χ1n) is 8.09. The topological polar surface area (TPSA) is 131 Å². The van der Waals surface area contributed by atoms with E-state index in [0.717, 1.165) is 11.3 Å². The van der Waals surface area contributed by atoms with Crippen molar-refractivity contribution in [2.45, 2.75) is 4.90 Å². The summed E-state index contributed by atoms with van der Waals surface area (Å²) >= 11 is 1.16. The maximum Gasteiger partial charge on any atom is 0.269 e. The molecule has 0 fully saturated rings. The molecule has 11 heteroatoms. The Hall–Kier alpha value is -3.57. The van der Waals surface area contributed by atoms with Crippen LogP contribution in [0.3, 0.4) is 0 Å². The number of non-ortho nitro benzene ring substituents is 1. The van der Waals surface area contributed by atoms with Crippen molar-refractivity contribution in [3.8, 4) is 0 Å². The van der Waals surface area contributed by atoms with Crippen molar-refractivity contribution in [3.05, 3.63) is 81.9 Å². The molecule has 0 aliphatic heterocycles. The minimum absolute atomic E-state index is 0.0344. The Kier molecular flexibility index (Phi) is 6.00. The molecule has 0 spiro atoms. The average Bonchev–Trinajstić information content (AvgIpc) is 3.19. The summed E-state index contributed by atoms with van der Waals surface area (Å²) in [6, 6.07) is 11.4. The van der Waals surface area contributed by atoms with Crippen LogP contribution in [0, 0.1) is 10.1 Å². The average molecular weight is 430 g/mol. The van der Waals surface area contributed by atoms with Crippen LogP contribution in [0.2, 0.25) is 0 Å². The summed E-state index contributed by atoms with van der Waals surface area (Å²) in [6.45, 7) is 0. The molecule has 148 valence electrons. The third-order valence-electron chi connectivity index (χ3n) is 3.62. The number of nitrogens with zero attached hydrogens (tertiary/aromatic N) is 2. The number of nitro benzene ring substituents is 1. The molecule has 0 saturated heterocycles. The van der Waals surface area contributed by atoms with E-state index in [4.69, 9.17) is 0 Å². The fourth-order valence-electron chi connectivity index (χ4n) is 2.23. The van der Waals surface area contributed by atoms with Crippen LogP contribution >= 0.6 is 11.3 Å². The van der Waals surface area contributed by atoms with E-state index in [9.17, 15) is 23.3 Å². The van der Waals surface area contributed by atoms with Crippen LogP contribution < -0.4 is 10.0 Å². The molecule has 3 aromatic rings. The lowest BCUT2D eigenvalue weighted by molar-refractivity contribution is -0.384. The zero-order valence-corrected chi connectivity index (χ0v) is 16.3. The second kappa shape index (κ2) is 8.63. The van der Waals surface area contributed by atoms with Crippen LogP contribution in [0.25, 0.3) is 6.08 Å². The number of anilines is 2. The van der Waals surface area contributed by atoms with Gasteiger partial charge in [0.15, 0.2) is 5.13 Å². The molecule has 2 aromatic carbocycles. The zero-order valence-electron chi connectivity index (χ0n) is 14.7. The highest BCUT2D eigenvalue weighted by Crippen LogP contribution is 2.19. The molecule has 9 nitrogen and oxygen atoms in total. The lowest BCUT2D eigenvalue weighted by Crippen LogP contribution is -2.13. The Morgan fingerprint density at radius 3 is 2.38 bits per heavy atom. The van der Waals surface area contributed by atoms with E-state index in [-0.39, 0.29) is 15.7 Å². The van der Waals surface area contributed by atoms with E-state index in [0.29, 0.717) is 11.3 Å². The van der Waals surface area contributed by atoms with Gasteiger partial charge in [-0.3, -0.25) is 19.6 Å². The highest BCUT2D eigenvalue weighted by Gasteiger charge is 2.15. The van der Waals surface area contributed by atoms with Crippen molar-refractivity contribution in [1.82, 2.24) is 4.98 Å². The van der Waals surface area contributed by atoms with Crippen LogP contribution in [0.5, 0.6) is 0 Å². The summed E-state index contributed by atoms with van der Waals surface area (Å²) in [5, 5.41) is 15.1. The van der Waals surface area contributed by atoms with Gasteiger partial charge >= 0.3 is 0 Å². The molecule has 0 aliphatic carbocycles. The first kappa shape index (κ1) is 20.2. The van der Waals surface area contributed by atoms with Gasteiger partial charge in [-0.15, -0.1) is 11.3 Å². The van der Waals surface area contributed by atoms with Crippen LogP contribution in [-0.2, 0) is 14.8 Å². The van der Waals surface area contributed by atoms with Crippen LogP contribution in [-0.4, -0.2) is 24.2 Å². The van der Waals surface area contributed by atoms with Crippen LogP contribution in [0.4, 0.5) is 16.5 Å². The number of hydrogen-bond donors (Lipinski definition) is 2. The van der Waals surface area contributed by atoms with Gasteiger partial charge in [-0.1, -0.05) is 0 Å². The Morgan fingerprint density at radius 2 is 1.79 bits per heavy atom. The Labute approximate surface area is 169 Å². The van der Waals surface area contributed by atoms with Gasteiger partial charge in [0.05, 0.1) is 9.82 Å². The summed E-state index contributed by atoms with van der Waals surface area (Å²) in [7, 11) is -3.76. The largest absolute Gasteiger partial charge is 0.323 e. The molecule has 0 bridgehead atoms. The maximum atomic E-state index is 12.3. The summed E-state index contributed by atoms with van der Waals surface area (Å²) in [4.78, 5) is 26.0. The lowest BCUT2D eigenvalue weighted by atomic mass is 10.2. The lowest BCUT2D eigenvalue weighted by Gasteiger charge is -2.07. The van der Waals surface area contributed by atoms with E-state index in [2.05, 4.69) is 15.0 Å². The van der Waals surface area contributed by atoms with Crippen LogP contribution in [0.1, 0.15) is 5.56 Å². The molecule has 0 atom stereocenters. The van der Waals surface area contributed by atoms with Gasteiger partial charge in [0.2, 0.25) is 5.91 Å². The predicted molar refractivity (Wildman–Crippen MR) is 110 cm³/mol. The van der Waals surface area contributed by atoms with Gasteiger partial charge < -0.3 is 5.32 Å². The first-order chi connectivity index (χ1) is 13.8. The van der Waals surface area contributed by atoms with E-state index in [1.807, 2.05) is 0 Å². The molecular formula is C18H14N4O5S2. The monoisotopic (exact) mass is 430 g/mol. The van der Waals surface area contributed by atoms with Gasteiger partial charge in [0, 0.05) is 35.5 Å². The van der Waals surface area contributed by atoms with Crippen molar-refractivity contribution in [2.75, 3.05) is 10.0 Å². The Bertz CT molecular complexity index is 1140. The van der Waals surface area contributed by atoms with Gasteiger partial charge in [0.1, 0.15) is 0 Å². The number of carbonyl (C=O) groups is 1. The standard InChI is InChI=1S/C18H14N4O5S2/c23-17(10-3-13-1-6-15(7-2-13)22(24)25)20-14-4-8-16(9-5-14)29(26,27)21-18-19-11-12-28-18/h1-12H,(H,19,21)(H,20,23). The van der Waals surface area contributed by atoms with Gasteiger partial charge in [-0.05, 0) is 48.0 Å². The third-order valence-corrected chi connectivity index (χ3v) is 5.79. The van der Waals surface area contributed by atoms with Crippen molar-refractivity contribution >= 4 is 49.8 Å². The number of nitro groups is 1. The first-order valence-corrected chi connectivity index (χ1v) is 10.5. The number of sulfonamides is 1. The number of aromatic nitrogens is 1. The number of carbonyl (C=O) groups excluding carboxylic acids is 1. The maximum absolute atomic E-state index is 12.3. The predicted octanol–water partition coefficient (Wildman–Crippen LogP) is 3.50. The number of rotatable bonds is 7. The molecule has 0 saturated carbocycles. The molecule has 2 N–H and O–H groups in total. The third kappa shape index (κ3) is 5.46. The molecule has 0 aliphatic rings. The number of hydrogen-bond acceptors (Lipinski definition) is 7. The summed E-state index contributed by atoms with van der Waals surface area (Å²) in [5.41, 5.74) is 1.00. The van der Waals surface area contributed by atoms with Gasteiger partial charge in [-0.2, -0.15) is 0 Å². The van der Waals surface area contributed by atoms with Crippen molar-refractivity contribution in [1.29, 1.82) is 0 Å². The second-order valence-corrected chi connectivity index (χ2v) is 8.22. The van der Waals surface area contributed by atoms with Crippen LogP contribution in [0.15, 0.2) is 71.1 Å². The molecule has 29 heavy (non-hydrogen) atoms. The van der Waals surface area contributed by atoms with Crippen molar-refractivity contribution < 1.29 is 18.1 Å². The fraction of sp³-hybridized carbons (Fsp3) is 0. The van der Waals surface area contributed by atoms with E-state index < -0.39 is 20.9 Å². The van der Waals surface area contributed by atoms with Gasteiger partial charge in [-0.25, -0.2) is 13.4 Å². The number of benzene rings is 2. The number of nitrogens with one attached hydrogen (secondary N) is 2. The molecule has 0 unspecified atom stereocenters. The highest BCUT2D eigenvalue weighted by molar-refractivity contribution is 7.93. The van der Waals surface area contributed by atoms with E-state index in [1.165, 1.54) is 66.9 Å². The summed E-state index contributed by atoms with van der Waals surface area (Å²) in [5.74, 6) is -0.431. The number of thiazole rings is 1. The molecular weight excluding hydrogens is 416 g/mol.